The van der Waals surface area contributed by atoms with Crippen molar-refractivity contribution in [1.29, 1.82) is 0 Å². The highest BCUT2D eigenvalue weighted by molar-refractivity contribution is 5.94. The molecule has 3 nitrogen and oxygen atoms in total. The maximum atomic E-state index is 11.9. The van der Waals surface area contributed by atoms with Crippen molar-refractivity contribution < 1.29 is 4.79 Å². The first-order valence-electron chi connectivity index (χ1n) is 7.71. The number of aryl methyl sites for hydroxylation is 1. The molecule has 1 fully saturated rings. The van der Waals surface area contributed by atoms with Crippen LogP contribution in [0.25, 0.3) is 0 Å². The standard InChI is InChI=1S/C12H15NO.2C2H6.CH5N/c1-10-4-6-11(7-5-10)12(14)13-8-2-3-9-13;3*1-2/h4-7H,2-3,8-9H2,1H3;2*1-2H3;2H2,1H3. The van der Waals surface area contributed by atoms with E-state index in [9.17, 15) is 4.79 Å². The van der Waals surface area contributed by atoms with Crippen LogP contribution in [-0.2, 0) is 0 Å². The molecule has 0 bridgehead atoms. The Labute approximate surface area is 125 Å². The Bertz CT molecular complexity index is 327. The number of carbonyl (C=O) groups excluding carboxylic acids is 1. The molecule has 1 saturated heterocycles. The molecule has 2 rings (SSSR count). The first-order chi connectivity index (χ1) is 9.77. The molecule has 1 amide bonds. The van der Waals surface area contributed by atoms with Crippen LogP contribution in [0.15, 0.2) is 24.3 Å². The monoisotopic (exact) mass is 280 g/mol. The third kappa shape index (κ3) is 7.29. The smallest absolute Gasteiger partial charge is 0.253 e. The lowest BCUT2D eigenvalue weighted by atomic mass is 10.1. The van der Waals surface area contributed by atoms with Gasteiger partial charge in [-0.3, -0.25) is 4.79 Å². The van der Waals surface area contributed by atoms with E-state index < -0.39 is 0 Å². The average Bonchev–Trinajstić information content (AvgIpc) is 3.08. The van der Waals surface area contributed by atoms with Crippen LogP contribution in [0.3, 0.4) is 0 Å². The Kier molecular flexibility index (Phi) is 14.7. The molecule has 0 aromatic heterocycles. The Morgan fingerprint density at radius 2 is 1.35 bits per heavy atom. The minimum atomic E-state index is 0.183. The summed E-state index contributed by atoms with van der Waals surface area (Å²) < 4.78 is 0. The van der Waals surface area contributed by atoms with Gasteiger partial charge in [-0.25, -0.2) is 0 Å². The zero-order valence-electron chi connectivity index (χ0n) is 14.1. The molecule has 1 aliphatic rings. The van der Waals surface area contributed by atoms with Crippen LogP contribution >= 0.6 is 0 Å². The van der Waals surface area contributed by atoms with Gasteiger partial charge < -0.3 is 10.6 Å². The Morgan fingerprint density at radius 3 is 1.75 bits per heavy atom. The van der Waals surface area contributed by atoms with Crippen LogP contribution in [0.4, 0.5) is 0 Å². The molecule has 3 heteroatoms. The highest BCUT2D eigenvalue weighted by Gasteiger charge is 2.18. The lowest BCUT2D eigenvalue weighted by Crippen LogP contribution is -2.27. The minimum Gasteiger partial charge on any atom is -0.339 e. The summed E-state index contributed by atoms with van der Waals surface area (Å²) in [6.45, 7) is 11.9. The lowest BCUT2D eigenvalue weighted by molar-refractivity contribution is 0.0793. The summed E-state index contributed by atoms with van der Waals surface area (Å²) in [6.07, 6.45) is 2.30. The van der Waals surface area contributed by atoms with Crippen molar-refractivity contribution in [2.45, 2.75) is 47.5 Å². The van der Waals surface area contributed by atoms with E-state index in [4.69, 9.17) is 0 Å². The predicted molar refractivity (Wildman–Crippen MR) is 89.1 cm³/mol. The number of rotatable bonds is 1. The number of nitrogens with two attached hydrogens (primary N) is 1. The van der Waals surface area contributed by atoms with Crippen LogP contribution in [0, 0.1) is 6.92 Å². The van der Waals surface area contributed by atoms with E-state index in [-0.39, 0.29) is 5.91 Å². The van der Waals surface area contributed by atoms with Gasteiger partial charge in [-0.15, -0.1) is 0 Å². The van der Waals surface area contributed by atoms with Gasteiger partial charge in [0.15, 0.2) is 0 Å². The Balaban J connectivity index is 0. The maximum absolute atomic E-state index is 11.9. The van der Waals surface area contributed by atoms with E-state index in [0.29, 0.717) is 0 Å². The molecule has 0 saturated carbocycles. The molecule has 116 valence electrons. The fourth-order valence-corrected chi connectivity index (χ4v) is 1.80. The van der Waals surface area contributed by atoms with E-state index in [1.54, 1.807) is 0 Å². The first-order valence-corrected chi connectivity index (χ1v) is 7.71. The number of carbonyl (C=O) groups is 1. The second-order valence-corrected chi connectivity index (χ2v) is 3.87. The molecule has 2 N–H and O–H groups in total. The number of benzene rings is 1. The summed E-state index contributed by atoms with van der Waals surface area (Å²) in [4.78, 5) is 13.8. The van der Waals surface area contributed by atoms with Gasteiger partial charge >= 0.3 is 0 Å². The summed E-state index contributed by atoms with van der Waals surface area (Å²) in [6, 6.07) is 7.80. The number of amides is 1. The number of hydrogen-bond acceptors (Lipinski definition) is 2. The molecule has 0 spiro atoms. The van der Waals surface area contributed by atoms with Crippen LogP contribution in [0.2, 0.25) is 0 Å². The molecule has 0 atom stereocenters. The van der Waals surface area contributed by atoms with E-state index in [1.807, 2.05) is 63.8 Å². The van der Waals surface area contributed by atoms with E-state index in [1.165, 1.54) is 12.6 Å². The lowest BCUT2D eigenvalue weighted by Gasteiger charge is -2.14. The molecule has 0 aliphatic carbocycles. The van der Waals surface area contributed by atoms with Crippen LogP contribution in [0.5, 0.6) is 0 Å². The number of hydrogen-bond donors (Lipinski definition) is 1. The highest BCUT2D eigenvalue weighted by atomic mass is 16.2. The van der Waals surface area contributed by atoms with Crippen molar-refractivity contribution in [3.8, 4) is 0 Å². The van der Waals surface area contributed by atoms with Crippen LogP contribution < -0.4 is 5.73 Å². The van der Waals surface area contributed by atoms with Gasteiger partial charge in [-0.2, -0.15) is 0 Å². The van der Waals surface area contributed by atoms with Gasteiger partial charge in [0.25, 0.3) is 5.91 Å². The van der Waals surface area contributed by atoms with Gasteiger partial charge in [0, 0.05) is 18.7 Å². The van der Waals surface area contributed by atoms with Crippen LogP contribution in [0.1, 0.15) is 56.5 Å². The summed E-state index contributed by atoms with van der Waals surface area (Å²) in [5.74, 6) is 0.183. The largest absolute Gasteiger partial charge is 0.339 e. The summed E-state index contributed by atoms with van der Waals surface area (Å²) in [7, 11) is 1.50. The van der Waals surface area contributed by atoms with Gasteiger partial charge in [0.1, 0.15) is 0 Å². The molecule has 1 aliphatic heterocycles. The molecule has 0 unspecified atom stereocenters. The molecule has 20 heavy (non-hydrogen) atoms. The fraction of sp³-hybridized carbons (Fsp3) is 0.588. The Morgan fingerprint density at radius 1 is 0.950 bits per heavy atom. The summed E-state index contributed by atoms with van der Waals surface area (Å²) >= 11 is 0. The van der Waals surface area contributed by atoms with E-state index in [0.717, 1.165) is 31.5 Å². The molecule has 0 radical (unpaired) electrons. The van der Waals surface area contributed by atoms with E-state index in [2.05, 4.69) is 5.73 Å². The van der Waals surface area contributed by atoms with Crippen molar-refractivity contribution in [2.24, 2.45) is 5.73 Å². The topological polar surface area (TPSA) is 46.3 Å². The van der Waals surface area contributed by atoms with Gasteiger partial charge in [-0.1, -0.05) is 45.4 Å². The van der Waals surface area contributed by atoms with Crippen molar-refractivity contribution in [3.63, 3.8) is 0 Å². The summed E-state index contributed by atoms with van der Waals surface area (Å²) in [5, 5.41) is 0. The predicted octanol–water partition coefficient (Wildman–Crippen LogP) is 3.86. The molecule has 1 aromatic carbocycles. The van der Waals surface area contributed by atoms with Crippen molar-refractivity contribution in [3.05, 3.63) is 35.4 Å². The zero-order chi connectivity index (χ0) is 16.0. The van der Waals surface area contributed by atoms with Crippen molar-refractivity contribution >= 4 is 5.91 Å². The van der Waals surface area contributed by atoms with Crippen molar-refractivity contribution in [1.82, 2.24) is 4.90 Å². The van der Waals surface area contributed by atoms with Crippen molar-refractivity contribution in [2.75, 3.05) is 20.1 Å². The second kappa shape index (κ2) is 14.1. The quantitative estimate of drug-likeness (QED) is 0.849. The zero-order valence-corrected chi connectivity index (χ0v) is 14.1. The van der Waals surface area contributed by atoms with Crippen LogP contribution in [-0.4, -0.2) is 30.9 Å². The maximum Gasteiger partial charge on any atom is 0.253 e. The van der Waals surface area contributed by atoms with Gasteiger partial charge in [0.05, 0.1) is 0 Å². The SMILES string of the molecule is CC.CC.CN.Cc1ccc(C(=O)N2CCCC2)cc1. The third-order valence-electron chi connectivity index (χ3n) is 2.69. The number of likely N-dealkylation sites (tertiary alicyclic amines) is 1. The Hall–Kier alpha value is -1.35. The van der Waals surface area contributed by atoms with Gasteiger partial charge in [-0.05, 0) is 38.9 Å². The summed E-state index contributed by atoms with van der Waals surface area (Å²) in [5.41, 5.74) is 6.51. The molecular formula is C17H32N2O. The fourth-order valence-electron chi connectivity index (χ4n) is 1.80. The highest BCUT2D eigenvalue weighted by Crippen LogP contribution is 2.13. The normalized spacial score (nSPS) is 12.1. The number of nitrogens with zero attached hydrogens (tertiary/aromatic N) is 1. The van der Waals surface area contributed by atoms with Gasteiger partial charge in [0.2, 0.25) is 0 Å². The first kappa shape index (κ1) is 21.0. The third-order valence-corrected chi connectivity index (χ3v) is 2.69. The van der Waals surface area contributed by atoms with E-state index >= 15 is 0 Å². The molecular weight excluding hydrogens is 248 g/mol. The molecule has 1 heterocycles. The average molecular weight is 280 g/mol. The molecule has 1 aromatic rings. The minimum absolute atomic E-state index is 0.183. The second-order valence-electron chi connectivity index (χ2n) is 3.87.